The van der Waals surface area contributed by atoms with Crippen LogP contribution in [-0.4, -0.2) is 0 Å². The summed E-state index contributed by atoms with van der Waals surface area (Å²) in [7, 11) is 0. The fourth-order valence-corrected chi connectivity index (χ4v) is 1.04. The lowest BCUT2D eigenvalue weighted by Crippen LogP contribution is -1.81. The Balaban J connectivity index is 0. The Morgan fingerprint density at radius 2 is 1.56 bits per heavy atom. The molecule has 0 saturated heterocycles. The highest BCUT2D eigenvalue weighted by atomic mass is 14.0. The van der Waals surface area contributed by atoms with Gasteiger partial charge in [0.1, 0.15) is 0 Å². The quantitative estimate of drug-likeness (QED) is 0.540. The average molecular weight is 216 g/mol. The molecule has 0 heterocycles. The highest BCUT2D eigenvalue weighted by Gasteiger charge is 1.93. The Hall–Kier alpha value is -1.56. The Morgan fingerprint density at radius 3 is 1.94 bits per heavy atom. The van der Waals surface area contributed by atoms with Crippen LogP contribution < -0.4 is 0 Å². The van der Waals surface area contributed by atoms with Crippen molar-refractivity contribution in [2.75, 3.05) is 0 Å². The first-order valence-electron chi connectivity index (χ1n) is 5.71. The van der Waals surface area contributed by atoms with Crippen molar-refractivity contribution in [3.8, 4) is 0 Å². The molecule has 16 heavy (non-hydrogen) atoms. The molecule has 0 amide bonds. The molecule has 0 aliphatic rings. The maximum absolute atomic E-state index is 3.77. The van der Waals surface area contributed by atoms with Crippen molar-refractivity contribution in [2.24, 2.45) is 0 Å². The fraction of sp³-hybridized carbons (Fsp3) is 0.250. The zero-order chi connectivity index (χ0) is 12.8. The summed E-state index contributed by atoms with van der Waals surface area (Å²) >= 11 is 0. The van der Waals surface area contributed by atoms with E-state index in [4.69, 9.17) is 0 Å². The summed E-state index contributed by atoms with van der Waals surface area (Å²) in [6, 6.07) is 0. The fourth-order valence-electron chi connectivity index (χ4n) is 1.04. The highest BCUT2D eigenvalue weighted by molar-refractivity contribution is 5.47. The number of hydrogen-bond donors (Lipinski definition) is 0. The molecule has 0 aliphatic heterocycles. The van der Waals surface area contributed by atoms with Gasteiger partial charge in [0.2, 0.25) is 0 Å². The van der Waals surface area contributed by atoms with Gasteiger partial charge in [-0.25, -0.2) is 0 Å². The van der Waals surface area contributed by atoms with Gasteiger partial charge in [-0.1, -0.05) is 75.6 Å². The Morgan fingerprint density at radius 1 is 0.938 bits per heavy atom. The van der Waals surface area contributed by atoms with Gasteiger partial charge in [0.05, 0.1) is 0 Å². The van der Waals surface area contributed by atoms with Crippen LogP contribution in [0, 0.1) is 0 Å². The third kappa shape index (κ3) is 7.81. The molecule has 0 spiro atoms. The Labute approximate surface area is 101 Å². The molecule has 0 aliphatic carbocycles. The smallest absolute Gasteiger partial charge is 0.0193 e. The molecule has 0 fully saturated rings. The van der Waals surface area contributed by atoms with E-state index < -0.39 is 0 Å². The molecule has 0 radical (unpaired) electrons. The molecule has 0 rings (SSSR count). The van der Waals surface area contributed by atoms with Crippen molar-refractivity contribution in [1.29, 1.82) is 0 Å². The largest absolute Gasteiger partial charge is 0.0990 e. The lowest BCUT2D eigenvalue weighted by molar-refractivity contribution is 1.50. The van der Waals surface area contributed by atoms with E-state index in [2.05, 4.69) is 25.3 Å². The lowest BCUT2D eigenvalue weighted by Gasteiger charge is -2.00. The highest BCUT2D eigenvalue weighted by Crippen LogP contribution is 2.12. The van der Waals surface area contributed by atoms with E-state index in [9.17, 15) is 0 Å². The van der Waals surface area contributed by atoms with Gasteiger partial charge in [0.15, 0.2) is 0 Å². The molecule has 0 heteroatoms. The Bertz CT molecular complexity index is 296. The summed E-state index contributed by atoms with van der Waals surface area (Å²) in [4.78, 5) is 0. The summed E-state index contributed by atoms with van der Waals surface area (Å²) < 4.78 is 0. The van der Waals surface area contributed by atoms with Crippen LogP contribution in [0.25, 0.3) is 0 Å². The van der Waals surface area contributed by atoms with Gasteiger partial charge >= 0.3 is 0 Å². The maximum atomic E-state index is 3.77. The van der Waals surface area contributed by atoms with Crippen LogP contribution in [0.5, 0.6) is 0 Å². The minimum absolute atomic E-state index is 1.09. The first kappa shape index (κ1) is 16.9. The summed E-state index contributed by atoms with van der Waals surface area (Å²) in [5.74, 6) is 0. The molecule has 0 nitrogen and oxygen atoms in total. The first-order valence-corrected chi connectivity index (χ1v) is 5.71. The zero-order valence-electron chi connectivity index (χ0n) is 11.0. The summed E-state index contributed by atoms with van der Waals surface area (Å²) in [5, 5.41) is 0. The zero-order valence-corrected chi connectivity index (χ0v) is 11.0. The van der Waals surface area contributed by atoms with E-state index in [1.807, 2.05) is 58.1 Å². The summed E-state index contributed by atoms with van der Waals surface area (Å²) in [6.07, 6.45) is 15.7. The minimum Gasteiger partial charge on any atom is -0.0990 e. The van der Waals surface area contributed by atoms with E-state index >= 15 is 0 Å². The standard InChI is InChI=1S/C14H18.C2H6/c1-5-9-10-12-14(8-4)13(7-3)11-6-2;1-2/h5-12H,2-3H2,1,4H3;1-2H3/b9-5-,12-10-,13-11+,14-8+;. The van der Waals surface area contributed by atoms with Crippen molar-refractivity contribution in [3.05, 3.63) is 72.9 Å². The number of allylic oxidation sites excluding steroid dienone is 10. The molecule has 0 N–H and O–H groups in total. The van der Waals surface area contributed by atoms with Crippen LogP contribution >= 0.6 is 0 Å². The van der Waals surface area contributed by atoms with Gasteiger partial charge in [-0.3, -0.25) is 0 Å². The average Bonchev–Trinajstić information content (AvgIpc) is 2.35. The molecule has 0 saturated carbocycles. The summed E-state index contributed by atoms with van der Waals surface area (Å²) in [5.41, 5.74) is 2.24. The van der Waals surface area contributed by atoms with Gasteiger partial charge in [-0.2, -0.15) is 0 Å². The number of hydrogen-bond acceptors (Lipinski definition) is 0. The second-order valence-electron chi connectivity index (χ2n) is 2.69. The van der Waals surface area contributed by atoms with E-state index in [1.54, 1.807) is 6.08 Å². The monoisotopic (exact) mass is 216 g/mol. The van der Waals surface area contributed by atoms with Crippen LogP contribution in [0.1, 0.15) is 27.7 Å². The molecule has 0 atom stereocenters. The van der Waals surface area contributed by atoms with Crippen molar-refractivity contribution in [3.63, 3.8) is 0 Å². The number of rotatable bonds is 5. The van der Waals surface area contributed by atoms with Crippen LogP contribution in [0.4, 0.5) is 0 Å². The van der Waals surface area contributed by atoms with Crippen molar-refractivity contribution in [2.45, 2.75) is 27.7 Å². The van der Waals surface area contributed by atoms with E-state index in [0.717, 1.165) is 11.1 Å². The minimum atomic E-state index is 1.09. The molecule has 0 unspecified atom stereocenters. The second-order valence-corrected chi connectivity index (χ2v) is 2.69. The van der Waals surface area contributed by atoms with Gasteiger partial charge in [0, 0.05) is 0 Å². The van der Waals surface area contributed by atoms with Crippen LogP contribution in [0.3, 0.4) is 0 Å². The van der Waals surface area contributed by atoms with E-state index in [-0.39, 0.29) is 0 Å². The Kier molecular flexibility index (Phi) is 14.2. The molecule has 88 valence electrons. The lowest BCUT2D eigenvalue weighted by atomic mass is 10.1. The third-order valence-corrected chi connectivity index (χ3v) is 1.74. The van der Waals surface area contributed by atoms with E-state index in [1.165, 1.54) is 0 Å². The molecular weight excluding hydrogens is 192 g/mol. The maximum Gasteiger partial charge on any atom is -0.0193 e. The normalized spacial score (nSPS) is 12.5. The van der Waals surface area contributed by atoms with Gasteiger partial charge in [0.25, 0.3) is 0 Å². The molecular formula is C16H24. The van der Waals surface area contributed by atoms with Gasteiger partial charge in [-0.05, 0) is 25.0 Å². The van der Waals surface area contributed by atoms with Gasteiger partial charge < -0.3 is 0 Å². The van der Waals surface area contributed by atoms with Crippen molar-refractivity contribution >= 4 is 0 Å². The first-order chi connectivity index (χ1) is 7.79. The topological polar surface area (TPSA) is 0 Å². The van der Waals surface area contributed by atoms with Gasteiger partial charge in [-0.15, -0.1) is 0 Å². The predicted molar refractivity (Wildman–Crippen MR) is 77.5 cm³/mol. The second kappa shape index (κ2) is 13.4. The van der Waals surface area contributed by atoms with Crippen molar-refractivity contribution < 1.29 is 0 Å². The third-order valence-electron chi connectivity index (χ3n) is 1.74. The van der Waals surface area contributed by atoms with Crippen LogP contribution in [0.2, 0.25) is 0 Å². The molecule has 0 bridgehead atoms. The predicted octanol–water partition coefficient (Wildman–Crippen LogP) is 5.39. The van der Waals surface area contributed by atoms with Crippen molar-refractivity contribution in [1.82, 2.24) is 0 Å². The van der Waals surface area contributed by atoms with E-state index in [0.29, 0.717) is 0 Å². The molecule has 0 aromatic carbocycles. The van der Waals surface area contributed by atoms with Crippen LogP contribution in [0.15, 0.2) is 72.9 Å². The van der Waals surface area contributed by atoms with Crippen LogP contribution in [-0.2, 0) is 0 Å². The molecule has 0 aromatic heterocycles. The SMILES string of the molecule is C=C/C=C(C=C)/C(/C=C\C=C/C)=C/C.CC. The summed E-state index contributed by atoms with van der Waals surface area (Å²) in [6.45, 7) is 15.4. The molecule has 0 aromatic rings.